The maximum Gasteiger partial charge on any atom is 0.325 e. The minimum atomic E-state index is -3.96. The van der Waals surface area contributed by atoms with Crippen molar-refractivity contribution in [2.75, 3.05) is 0 Å². The van der Waals surface area contributed by atoms with E-state index in [-0.39, 0.29) is 17.7 Å². The van der Waals surface area contributed by atoms with Gasteiger partial charge in [0.2, 0.25) is 0 Å². The van der Waals surface area contributed by atoms with Crippen molar-refractivity contribution in [3.05, 3.63) is 29.3 Å². The van der Waals surface area contributed by atoms with Gasteiger partial charge < -0.3 is 5.11 Å². The van der Waals surface area contributed by atoms with E-state index in [1.54, 1.807) is 13.8 Å². The molecule has 0 aliphatic heterocycles. The van der Waals surface area contributed by atoms with Gasteiger partial charge in [-0.25, -0.2) is 8.42 Å². The van der Waals surface area contributed by atoms with E-state index in [0.717, 1.165) is 0 Å². The third-order valence-electron chi connectivity index (χ3n) is 3.34. The van der Waals surface area contributed by atoms with Crippen LogP contribution in [0.3, 0.4) is 0 Å². The molecule has 0 aliphatic carbocycles. The molecule has 1 aromatic carbocycles. The number of benzene rings is 1. The maximum absolute atomic E-state index is 12.8. The number of carbonyl (C=O) groups is 1. The van der Waals surface area contributed by atoms with Gasteiger partial charge in [0.1, 0.15) is 0 Å². The summed E-state index contributed by atoms with van der Waals surface area (Å²) in [5.74, 6) is -1.28. The summed E-state index contributed by atoms with van der Waals surface area (Å²) in [5.41, 5.74) is 0. The lowest BCUT2D eigenvalue weighted by Gasteiger charge is -2.28. The molecule has 0 heterocycles. The predicted octanol–water partition coefficient (Wildman–Crippen LogP) is 3.54. The SMILES string of the molecule is CCCC(CCC)(C(=O)O)S(=O)(=O)c1ccc(Cl)cc1. The third kappa shape index (κ3) is 2.99. The van der Waals surface area contributed by atoms with E-state index in [1.165, 1.54) is 24.3 Å². The van der Waals surface area contributed by atoms with Crippen LogP contribution in [0, 0.1) is 0 Å². The molecule has 0 atom stereocenters. The molecular weight excluding hydrogens is 300 g/mol. The number of hydrogen-bond donors (Lipinski definition) is 1. The van der Waals surface area contributed by atoms with Crippen LogP contribution in [0.2, 0.25) is 5.02 Å². The molecule has 1 rings (SSSR count). The number of halogens is 1. The molecule has 0 fully saturated rings. The van der Waals surface area contributed by atoms with Crippen LogP contribution in [0.25, 0.3) is 0 Å². The summed E-state index contributed by atoms with van der Waals surface area (Å²) < 4.78 is 23.8. The van der Waals surface area contributed by atoms with Gasteiger partial charge >= 0.3 is 5.97 Å². The van der Waals surface area contributed by atoms with Gasteiger partial charge in [-0.2, -0.15) is 0 Å². The van der Waals surface area contributed by atoms with E-state index in [0.29, 0.717) is 17.9 Å². The van der Waals surface area contributed by atoms with Gasteiger partial charge in [-0.05, 0) is 37.1 Å². The average molecular weight is 319 g/mol. The van der Waals surface area contributed by atoms with Gasteiger partial charge in [0, 0.05) is 5.02 Å². The number of sulfone groups is 1. The summed E-state index contributed by atoms with van der Waals surface area (Å²) in [4.78, 5) is 11.7. The van der Waals surface area contributed by atoms with Crippen molar-refractivity contribution in [1.82, 2.24) is 0 Å². The Bertz CT molecular complexity index is 557. The Balaban J connectivity index is 3.44. The Morgan fingerprint density at radius 1 is 1.15 bits per heavy atom. The Morgan fingerprint density at radius 3 is 1.95 bits per heavy atom. The van der Waals surface area contributed by atoms with Crippen LogP contribution in [0.15, 0.2) is 29.2 Å². The molecule has 112 valence electrons. The van der Waals surface area contributed by atoms with Crippen molar-refractivity contribution in [2.24, 2.45) is 0 Å². The molecule has 1 aromatic rings. The molecule has 0 aliphatic rings. The van der Waals surface area contributed by atoms with Gasteiger partial charge in [-0.3, -0.25) is 4.79 Å². The fourth-order valence-electron chi connectivity index (χ4n) is 2.37. The monoisotopic (exact) mass is 318 g/mol. The molecule has 20 heavy (non-hydrogen) atoms. The van der Waals surface area contributed by atoms with E-state index >= 15 is 0 Å². The molecule has 1 N–H and O–H groups in total. The fourth-order valence-corrected chi connectivity index (χ4v) is 4.62. The van der Waals surface area contributed by atoms with E-state index in [4.69, 9.17) is 11.6 Å². The predicted molar refractivity (Wildman–Crippen MR) is 78.8 cm³/mol. The Labute approximate surface area is 124 Å². The first-order valence-electron chi connectivity index (χ1n) is 6.55. The Hall–Kier alpha value is -1.07. The highest BCUT2D eigenvalue weighted by atomic mass is 35.5. The van der Waals surface area contributed by atoms with Crippen molar-refractivity contribution < 1.29 is 18.3 Å². The van der Waals surface area contributed by atoms with Crippen molar-refractivity contribution in [3.8, 4) is 0 Å². The van der Waals surface area contributed by atoms with Gasteiger partial charge in [0.25, 0.3) is 0 Å². The molecule has 0 radical (unpaired) electrons. The van der Waals surface area contributed by atoms with E-state index in [2.05, 4.69) is 0 Å². The summed E-state index contributed by atoms with van der Waals surface area (Å²) in [6.45, 7) is 3.56. The van der Waals surface area contributed by atoms with E-state index < -0.39 is 20.6 Å². The summed E-state index contributed by atoms with van der Waals surface area (Å²) in [6.07, 6.45) is 1.17. The average Bonchev–Trinajstić information content (AvgIpc) is 2.38. The number of hydrogen-bond acceptors (Lipinski definition) is 3. The molecule has 0 aromatic heterocycles. The van der Waals surface area contributed by atoms with Crippen LogP contribution in [-0.4, -0.2) is 24.2 Å². The lowest BCUT2D eigenvalue weighted by atomic mass is 9.97. The lowest BCUT2D eigenvalue weighted by molar-refractivity contribution is -0.140. The van der Waals surface area contributed by atoms with Crippen LogP contribution in [0.4, 0.5) is 0 Å². The molecule has 0 amide bonds. The van der Waals surface area contributed by atoms with Gasteiger partial charge in [-0.1, -0.05) is 38.3 Å². The summed E-state index contributed by atoms with van der Waals surface area (Å²) in [6, 6.07) is 5.64. The van der Waals surface area contributed by atoms with Crippen LogP contribution < -0.4 is 0 Å². The minimum Gasteiger partial charge on any atom is -0.480 e. The third-order valence-corrected chi connectivity index (χ3v) is 6.09. The maximum atomic E-state index is 12.8. The van der Waals surface area contributed by atoms with Gasteiger partial charge in [0.15, 0.2) is 14.6 Å². The number of carboxylic acid groups (broad SMARTS) is 1. The molecule has 0 saturated heterocycles. The van der Waals surface area contributed by atoms with Crippen molar-refractivity contribution in [2.45, 2.75) is 49.2 Å². The summed E-state index contributed by atoms with van der Waals surface area (Å²) in [7, 11) is -3.96. The molecule has 0 spiro atoms. The second-order valence-electron chi connectivity index (χ2n) is 4.76. The van der Waals surface area contributed by atoms with Crippen molar-refractivity contribution in [3.63, 3.8) is 0 Å². The van der Waals surface area contributed by atoms with Crippen molar-refractivity contribution in [1.29, 1.82) is 0 Å². The molecule has 0 bridgehead atoms. The van der Waals surface area contributed by atoms with Crippen LogP contribution in [-0.2, 0) is 14.6 Å². The first-order valence-corrected chi connectivity index (χ1v) is 8.41. The van der Waals surface area contributed by atoms with Crippen LogP contribution in [0.5, 0.6) is 0 Å². The largest absolute Gasteiger partial charge is 0.480 e. The molecule has 0 unspecified atom stereocenters. The molecule has 6 heteroatoms. The first-order chi connectivity index (χ1) is 9.31. The topological polar surface area (TPSA) is 71.4 Å². The minimum absolute atomic E-state index is 0.00574. The molecule has 4 nitrogen and oxygen atoms in total. The van der Waals surface area contributed by atoms with E-state index in [9.17, 15) is 18.3 Å². The second kappa shape index (κ2) is 6.59. The zero-order valence-corrected chi connectivity index (χ0v) is 13.2. The number of rotatable bonds is 7. The normalized spacial score (nSPS) is 12.3. The zero-order chi connectivity index (χ0) is 15.4. The molecular formula is C14H19ClO4S. The van der Waals surface area contributed by atoms with Crippen LogP contribution >= 0.6 is 11.6 Å². The smallest absolute Gasteiger partial charge is 0.325 e. The lowest BCUT2D eigenvalue weighted by Crippen LogP contribution is -2.46. The highest BCUT2D eigenvalue weighted by molar-refractivity contribution is 7.93. The highest BCUT2D eigenvalue weighted by Crippen LogP contribution is 2.35. The number of aliphatic carboxylic acids is 1. The van der Waals surface area contributed by atoms with Gasteiger partial charge in [-0.15, -0.1) is 0 Å². The second-order valence-corrected chi connectivity index (χ2v) is 7.45. The quantitative estimate of drug-likeness (QED) is 0.834. The molecule has 0 saturated carbocycles. The Morgan fingerprint density at radius 2 is 1.60 bits per heavy atom. The van der Waals surface area contributed by atoms with E-state index in [1.807, 2.05) is 0 Å². The standard InChI is InChI=1S/C14H19ClO4S/c1-3-9-14(10-4-2,13(16)17)20(18,19)12-7-5-11(15)6-8-12/h5-8H,3-4,9-10H2,1-2H3,(H,16,17). The fraction of sp³-hybridized carbons (Fsp3) is 0.500. The number of carboxylic acids is 1. The summed E-state index contributed by atoms with van der Waals surface area (Å²) >= 11 is 5.75. The van der Waals surface area contributed by atoms with Gasteiger partial charge in [0.05, 0.1) is 4.90 Å². The Kier molecular flexibility index (Phi) is 5.59. The summed E-state index contributed by atoms with van der Waals surface area (Å²) in [5, 5.41) is 9.95. The zero-order valence-electron chi connectivity index (χ0n) is 11.6. The highest BCUT2D eigenvalue weighted by Gasteiger charge is 2.50. The first kappa shape index (κ1) is 17.0. The van der Waals surface area contributed by atoms with Crippen molar-refractivity contribution >= 4 is 27.4 Å². The van der Waals surface area contributed by atoms with Crippen LogP contribution in [0.1, 0.15) is 39.5 Å².